The molecular formula is C77H146O17P2. The van der Waals surface area contributed by atoms with Crippen molar-refractivity contribution in [2.45, 2.75) is 388 Å². The molecule has 0 saturated heterocycles. The Morgan fingerprint density at radius 1 is 0.344 bits per heavy atom. The van der Waals surface area contributed by atoms with E-state index in [0.29, 0.717) is 31.6 Å². The second-order valence-electron chi connectivity index (χ2n) is 28.3. The lowest BCUT2D eigenvalue weighted by atomic mass is 9.99. The van der Waals surface area contributed by atoms with Crippen LogP contribution in [-0.2, 0) is 65.4 Å². The number of allylic oxidation sites excluding steroid dienone is 4. The minimum atomic E-state index is -4.97. The van der Waals surface area contributed by atoms with Gasteiger partial charge in [-0.15, -0.1) is 0 Å². The molecule has 3 N–H and O–H groups in total. The SMILES string of the molecule is CCCCCC/C=C\C=C/CCCCCCCC(=O)O[C@H](COC(=O)CCCCCCCCCCCCCCCCC(C)CC)COP(=O)(O)OCC(O)COP(=O)(O)OC[C@@H](COC(=O)CCCCCCCCCC(C)C)OC(=O)CCCCCCCCCCCCC(C)C. The molecule has 566 valence electrons. The van der Waals surface area contributed by atoms with Crippen molar-refractivity contribution in [1.82, 2.24) is 0 Å². The van der Waals surface area contributed by atoms with E-state index in [-0.39, 0.29) is 25.7 Å². The summed E-state index contributed by atoms with van der Waals surface area (Å²) < 4.78 is 68.5. The molecule has 0 aromatic heterocycles. The molecule has 17 nitrogen and oxygen atoms in total. The largest absolute Gasteiger partial charge is 0.472 e. The van der Waals surface area contributed by atoms with E-state index in [0.717, 1.165) is 121 Å². The molecule has 4 unspecified atom stereocenters. The van der Waals surface area contributed by atoms with Crippen molar-refractivity contribution < 1.29 is 80.2 Å². The van der Waals surface area contributed by atoms with Gasteiger partial charge in [0.25, 0.3) is 0 Å². The Hall–Kier alpha value is -2.46. The molecule has 96 heavy (non-hydrogen) atoms. The van der Waals surface area contributed by atoms with E-state index in [1.165, 1.54) is 161 Å². The Balaban J connectivity index is 5.28. The summed E-state index contributed by atoms with van der Waals surface area (Å²) in [7, 11) is -9.93. The first-order chi connectivity index (χ1) is 46.3. The van der Waals surface area contributed by atoms with Crippen LogP contribution in [0.25, 0.3) is 0 Å². The molecule has 0 bridgehead atoms. The van der Waals surface area contributed by atoms with Crippen LogP contribution >= 0.6 is 15.6 Å². The second kappa shape index (κ2) is 67.1. The van der Waals surface area contributed by atoms with E-state index in [1.807, 2.05) is 0 Å². The fraction of sp³-hybridized carbons (Fsp3) is 0.896. The number of hydrogen-bond donors (Lipinski definition) is 3. The zero-order valence-electron chi connectivity index (χ0n) is 62.3. The van der Waals surface area contributed by atoms with Crippen LogP contribution in [0.2, 0.25) is 0 Å². The third kappa shape index (κ3) is 68.7. The third-order valence-corrected chi connectivity index (χ3v) is 19.5. The van der Waals surface area contributed by atoms with Gasteiger partial charge in [0, 0.05) is 25.7 Å². The summed E-state index contributed by atoms with van der Waals surface area (Å²) in [6.07, 6.45) is 56.3. The number of rotatable bonds is 73. The highest BCUT2D eigenvalue weighted by Gasteiger charge is 2.30. The van der Waals surface area contributed by atoms with Crippen LogP contribution in [0.15, 0.2) is 24.3 Å². The summed E-state index contributed by atoms with van der Waals surface area (Å²) in [4.78, 5) is 72.8. The average molecular weight is 1410 g/mol. The normalized spacial score (nSPS) is 14.5. The average Bonchev–Trinajstić information content (AvgIpc) is 1.47. The fourth-order valence-corrected chi connectivity index (χ4v) is 12.8. The van der Waals surface area contributed by atoms with Gasteiger partial charge in [-0.3, -0.25) is 37.3 Å². The highest BCUT2D eigenvalue weighted by molar-refractivity contribution is 7.47. The third-order valence-electron chi connectivity index (χ3n) is 17.6. The van der Waals surface area contributed by atoms with Gasteiger partial charge in [0.2, 0.25) is 0 Å². The lowest BCUT2D eigenvalue weighted by Crippen LogP contribution is -2.30. The molecule has 0 aliphatic carbocycles. The van der Waals surface area contributed by atoms with E-state index in [9.17, 15) is 43.2 Å². The molecule has 0 fully saturated rings. The Kier molecular flexibility index (Phi) is 65.3. The number of unbranched alkanes of at least 4 members (excludes halogenated alkanes) is 37. The standard InChI is InChI=1S/C77H146O17P2/c1-8-10-11-12-13-14-15-16-17-22-25-31-38-46-53-60-76(81)93-72(64-87-74(79)58-51-44-37-30-24-21-19-18-20-23-29-36-43-50-57-70(7)9-2)66-91-95(83,84)89-62-71(78)63-90-96(85,86)92-67-73(65-88-75(80)59-52-45-40-33-35-42-49-56-69(5)6)94-77(82)61-54-47-39-32-27-26-28-34-41-48-55-68(3)4/h14-17,68-73,78H,8-13,18-67H2,1-7H3,(H,83,84)(H,85,86)/b15-14-,17-16-/t70?,71?,72-,73-/m1/s1. The van der Waals surface area contributed by atoms with E-state index in [1.54, 1.807) is 0 Å². The van der Waals surface area contributed by atoms with Crippen LogP contribution in [0.1, 0.15) is 370 Å². The summed E-state index contributed by atoms with van der Waals surface area (Å²) in [5.74, 6) is 0.153. The monoisotopic (exact) mass is 1410 g/mol. The van der Waals surface area contributed by atoms with Crippen LogP contribution in [0.4, 0.5) is 0 Å². The quantitative estimate of drug-likeness (QED) is 0.0169. The fourth-order valence-electron chi connectivity index (χ4n) is 11.2. The molecule has 0 spiro atoms. The lowest BCUT2D eigenvalue weighted by Gasteiger charge is -2.21. The summed E-state index contributed by atoms with van der Waals surface area (Å²) in [6.45, 7) is 11.8. The summed E-state index contributed by atoms with van der Waals surface area (Å²) in [5, 5.41) is 10.6. The van der Waals surface area contributed by atoms with Gasteiger partial charge in [-0.05, 0) is 69.1 Å². The Morgan fingerprint density at radius 2 is 0.615 bits per heavy atom. The number of phosphoric ester groups is 2. The maximum Gasteiger partial charge on any atom is 0.472 e. The van der Waals surface area contributed by atoms with E-state index >= 15 is 0 Å². The van der Waals surface area contributed by atoms with Crippen molar-refractivity contribution >= 4 is 39.5 Å². The predicted molar refractivity (Wildman–Crippen MR) is 390 cm³/mol. The molecular weight excluding hydrogens is 1260 g/mol. The van der Waals surface area contributed by atoms with E-state index < -0.39 is 97.5 Å². The molecule has 0 amide bonds. The molecule has 0 radical (unpaired) electrons. The van der Waals surface area contributed by atoms with Crippen molar-refractivity contribution in [1.29, 1.82) is 0 Å². The molecule has 0 rings (SSSR count). The summed E-state index contributed by atoms with van der Waals surface area (Å²) >= 11 is 0. The number of ether oxygens (including phenoxy) is 4. The van der Waals surface area contributed by atoms with Crippen LogP contribution in [0, 0.1) is 17.8 Å². The lowest BCUT2D eigenvalue weighted by molar-refractivity contribution is -0.161. The molecule has 19 heteroatoms. The van der Waals surface area contributed by atoms with Gasteiger partial charge in [-0.25, -0.2) is 9.13 Å². The smallest absolute Gasteiger partial charge is 0.462 e. The second-order valence-corrected chi connectivity index (χ2v) is 31.2. The van der Waals surface area contributed by atoms with Crippen molar-refractivity contribution in [3.63, 3.8) is 0 Å². The van der Waals surface area contributed by atoms with Gasteiger partial charge in [0.05, 0.1) is 26.4 Å². The maximum atomic E-state index is 13.1. The van der Waals surface area contributed by atoms with Crippen molar-refractivity contribution in [2.75, 3.05) is 39.6 Å². The van der Waals surface area contributed by atoms with Gasteiger partial charge in [-0.2, -0.15) is 0 Å². The summed E-state index contributed by atoms with van der Waals surface area (Å²) in [6, 6.07) is 0. The van der Waals surface area contributed by atoms with Crippen LogP contribution in [0.5, 0.6) is 0 Å². The van der Waals surface area contributed by atoms with Gasteiger partial charge in [0.1, 0.15) is 19.3 Å². The van der Waals surface area contributed by atoms with Gasteiger partial charge in [-0.1, -0.05) is 317 Å². The number of aliphatic hydroxyl groups excluding tert-OH is 1. The van der Waals surface area contributed by atoms with Gasteiger partial charge < -0.3 is 33.8 Å². The van der Waals surface area contributed by atoms with Crippen LogP contribution < -0.4 is 0 Å². The minimum absolute atomic E-state index is 0.0849. The van der Waals surface area contributed by atoms with Crippen LogP contribution in [0.3, 0.4) is 0 Å². The van der Waals surface area contributed by atoms with E-state index in [4.69, 9.17) is 37.0 Å². The molecule has 6 atom stereocenters. The number of aliphatic hydroxyl groups is 1. The van der Waals surface area contributed by atoms with Gasteiger partial charge in [0.15, 0.2) is 12.2 Å². The number of phosphoric acid groups is 2. The number of carbonyl (C=O) groups is 4. The maximum absolute atomic E-state index is 13.1. The number of carbonyl (C=O) groups excluding carboxylic acids is 4. The Bertz CT molecular complexity index is 1970. The highest BCUT2D eigenvalue weighted by atomic mass is 31.2. The molecule has 0 aliphatic rings. The zero-order valence-corrected chi connectivity index (χ0v) is 64.1. The molecule has 0 aromatic carbocycles. The topological polar surface area (TPSA) is 237 Å². The Labute approximate surface area is 586 Å². The Morgan fingerprint density at radius 3 is 0.927 bits per heavy atom. The molecule has 0 saturated carbocycles. The first kappa shape index (κ1) is 93.5. The van der Waals surface area contributed by atoms with E-state index in [2.05, 4.69) is 72.8 Å². The minimum Gasteiger partial charge on any atom is -0.462 e. The molecule has 0 aliphatic heterocycles. The highest BCUT2D eigenvalue weighted by Crippen LogP contribution is 2.45. The number of esters is 4. The van der Waals surface area contributed by atoms with Crippen LogP contribution in [-0.4, -0.2) is 96.7 Å². The first-order valence-electron chi connectivity index (χ1n) is 39.2. The molecule has 0 heterocycles. The zero-order chi connectivity index (χ0) is 70.9. The van der Waals surface area contributed by atoms with Crippen molar-refractivity contribution in [3.05, 3.63) is 24.3 Å². The first-order valence-corrected chi connectivity index (χ1v) is 42.2. The van der Waals surface area contributed by atoms with Crippen molar-refractivity contribution in [2.24, 2.45) is 17.8 Å². The predicted octanol–water partition coefficient (Wildman–Crippen LogP) is 22.1. The summed E-state index contributed by atoms with van der Waals surface area (Å²) in [5.41, 5.74) is 0. The molecule has 0 aromatic rings. The van der Waals surface area contributed by atoms with Gasteiger partial charge >= 0.3 is 39.5 Å². The van der Waals surface area contributed by atoms with Crippen molar-refractivity contribution in [3.8, 4) is 0 Å². The number of hydrogen-bond acceptors (Lipinski definition) is 15.